The van der Waals surface area contributed by atoms with E-state index in [2.05, 4.69) is 41.6 Å². The lowest BCUT2D eigenvalue weighted by Gasteiger charge is -2.41. The standard InChI is InChI=1S/C48H50N6O6/c1-8-40(55)41-42(44(56)59-32-60-45(57)46(2,3)4)53(47(5,58-7)52(41)6)37-30-28-33(29-31-37)38-26-18-19-27-39(38)43-49-50-51-54(43)48(34-20-12-9-13-21-34,35-22-14-10-15-23-35)36-24-16-11-17-25-36/h9-31,40,55H,8,32H2,1-7H3. The zero-order valence-corrected chi connectivity index (χ0v) is 34.9. The van der Waals surface area contributed by atoms with Crippen LogP contribution in [-0.2, 0) is 29.3 Å². The van der Waals surface area contributed by atoms with E-state index in [1.807, 2.05) is 115 Å². The zero-order chi connectivity index (χ0) is 42.7. The number of benzene rings is 5. The van der Waals surface area contributed by atoms with Gasteiger partial charge in [-0.1, -0.05) is 134 Å². The number of rotatable bonds is 13. The molecule has 1 aliphatic heterocycles. The highest BCUT2D eigenvalue weighted by Gasteiger charge is 2.52. The number of tetrazole rings is 1. The zero-order valence-electron chi connectivity index (χ0n) is 34.9. The summed E-state index contributed by atoms with van der Waals surface area (Å²) in [6.45, 7) is 8.17. The molecule has 1 aromatic heterocycles. The molecule has 6 aromatic rings. The van der Waals surface area contributed by atoms with Crippen molar-refractivity contribution in [3.05, 3.63) is 168 Å². The lowest BCUT2D eigenvalue weighted by atomic mass is 9.77. The van der Waals surface area contributed by atoms with Crippen LogP contribution in [0.1, 0.15) is 57.7 Å². The Morgan fingerprint density at radius 3 is 1.77 bits per heavy atom. The minimum Gasteiger partial charge on any atom is -0.427 e. The largest absolute Gasteiger partial charge is 0.427 e. The molecular weight excluding hydrogens is 757 g/mol. The van der Waals surface area contributed by atoms with Crippen molar-refractivity contribution in [2.45, 2.75) is 58.5 Å². The normalized spacial score (nSPS) is 16.2. The van der Waals surface area contributed by atoms with Crippen LogP contribution in [0.25, 0.3) is 22.5 Å². The number of carbonyl (C=O) groups is 2. The van der Waals surface area contributed by atoms with E-state index in [9.17, 15) is 14.7 Å². The summed E-state index contributed by atoms with van der Waals surface area (Å²) in [5.74, 6) is -2.00. The summed E-state index contributed by atoms with van der Waals surface area (Å²) >= 11 is 0. The van der Waals surface area contributed by atoms with Gasteiger partial charge in [-0.05, 0) is 77.6 Å². The molecule has 0 spiro atoms. The van der Waals surface area contributed by atoms with Gasteiger partial charge in [0.05, 0.1) is 17.2 Å². The molecule has 5 aromatic carbocycles. The van der Waals surface area contributed by atoms with Crippen molar-refractivity contribution >= 4 is 17.6 Å². The fourth-order valence-electron chi connectivity index (χ4n) is 7.85. The minimum atomic E-state index is -1.25. The number of hydrogen-bond donors (Lipinski definition) is 1. The molecule has 1 N–H and O–H groups in total. The summed E-state index contributed by atoms with van der Waals surface area (Å²) in [4.78, 5) is 29.9. The number of hydrogen-bond acceptors (Lipinski definition) is 11. The van der Waals surface area contributed by atoms with E-state index in [4.69, 9.17) is 24.5 Å². The molecule has 7 rings (SSSR count). The molecule has 12 heteroatoms. The average molecular weight is 807 g/mol. The van der Waals surface area contributed by atoms with Crippen LogP contribution >= 0.6 is 0 Å². The summed E-state index contributed by atoms with van der Waals surface area (Å²) in [6.07, 6.45) is -0.709. The predicted molar refractivity (Wildman–Crippen MR) is 229 cm³/mol. The highest BCUT2D eigenvalue weighted by molar-refractivity contribution is 5.95. The van der Waals surface area contributed by atoms with E-state index in [0.717, 1.165) is 33.4 Å². The van der Waals surface area contributed by atoms with E-state index < -0.39 is 41.6 Å². The number of carbonyl (C=O) groups excluding carboxylic acids is 2. The lowest BCUT2D eigenvalue weighted by molar-refractivity contribution is -0.171. The maximum absolute atomic E-state index is 14.0. The van der Waals surface area contributed by atoms with E-state index in [1.165, 1.54) is 7.11 Å². The Hall–Kier alpha value is -6.63. The Balaban J connectivity index is 1.33. The molecule has 12 nitrogen and oxygen atoms in total. The lowest BCUT2D eigenvalue weighted by Crippen LogP contribution is -2.53. The van der Waals surface area contributed by atoms with Crippen molar-refractivity contribution in [2.75, 3.05) is 25.9 Å². The molecular formula is C48H50N6O6. The molecule has 0 saturated heterocycles. The third-order valence-electron chi connectivity index (χ3n) is 11.1. The first-order valence-electron chi connectivity index (χ1n) is 19.9. The molecule has 2 heterocycles. The van der Waals surface area contributed by atoms with Gasteiger partial charge < -0.3 is 24.2 Å². The molecule has 0 fully saturated rings. The SMILES string of the molecule is CCC(O)C1=C(C(=O)OCOC(=O)C(C)(C)C)N(c2ccc(-c3ccccc3-c3nnnn3C(c3ccccc3)(c3ccccc3)c3ccccc3)cc2)C(C)(OC)N1C. The summed E-state index contributed by atoms with van der Waals surface area (Å²) < 4.78 is 18.8. The summed E-state index contributed by atoms with van der Waals surface area (Å²) in [7, 11) is 3.29. The number of nitrogens with zero attached hydrogens (tertiary/aromatic N) is 6. The Bertz CT molecular complexity index is 2370. The summed E-state index contributed by atoms with van der Waals surface area (Å²) in [6, 6.07) is 46.4. The van der Waals surface area contributed by atoms with Crippen molar-refractivity contribution in [1.29, 1.82) is 0 Å². The van der Waals surface area contributed by atoms with Gasteiger partial charge in [0, 0.05) is 32.3 Å². The molecule has 0 radical (unpaired) electrons. The van der Waals surface area contributed by atoms with Gasteiger partial charge in [0.15, 0.2) is 11.5 Å². The van der Waals surface area contributed by atoms with Crippen molar-refractivity contribution in [2.24, 2.45) is 5.41 Å². The molecule has 0 bridgehead atoms. The second-order valence-corrected chi connectivity index (χ2v) is 15.7. The highest BCUT2D eigenvalue weighted by atomic mass is 16.7. The van der Waals surface area contributed by atoms with Crippen molar-refractivity contribution in [3.63, 3.8) is 0 Å². The van der Waals surface area contributed by atoms with Gasteiger partial charge in [-0.25, -0.2) is 9.48 Å². The molecule has 1 aliphatic rings. The van der Waals surface area contributed by atoms with Crippen molar-refractivity contribution < 1.29 is 28.9 Å². The monoisotopic (exact) mass is 806 g/mol. The minimum absolute atomic E-state index is 0.0643. The van der Waals surface area contributed by atoms with E-state index >= 15 is 0 Å². The molecule has 308 valence electrons. The maximum atomic E-state index is 14.0. The Kier molecular flexibility index (Phi) is 11.7. The number of ether oxygens (including phenoxy) is 3. The van der Waals surface area contributed by atoms with Gasteiger partial charge in [0.1, 0.15) is 5.54 Å². The third kappa shape index (κ3) is 7.33. The fourth-order valence-corrected chi connectivity index (χ4v) is 7.85. The van der Waals surface area contributed by atoms with Crippen LogP contribution in [0, 0.1) is 5.41 Å². The van der Waals surface area contributed by atoms with Crippen molar-refractivity contribution in [3.8, 4) is 22.5 Å². The van der Waals surface area contributed by atoms with Gasteiger partial charge in [-0.15, -0.1) is 5.10 Å². The number of aliphatic hydroxyl groups excluding tert-OH is 1. The molecule has 0 amide bonds. The molecule has 60 heavy (non-hydrogen) atoms. The number of likely N-dealkylation sites (N-methyl/N-ethyl adjacent to an activating group) is 1. The first-order valence-corrected chi connectivity index (χ1v) is 19.9. The number of aromatic nitrogens is 4. The van der Waals surface area contributed by atoms with Crippen LogP contribution in [0.5, 0.6) is 0 Å². The summed E-state index contributed by atoms with van der Waals surface area (Å²) in [5, 5.41) is 25.1. The number of methoxy groups -OCH3 is 1. The van der Waals surface area contributed by atoms with Gasteiger partial charge in [-0.3, -0.25) is 9.69 Å². The van der Waals surface area contributed by atoms with E-state index in [1.54, 1.807) is 44.5 Å². The van der Waals surface area contributed by atoms with Crippen LogP contribution < -0.4 is 4.90 Å². The quantitative estimate of drug-likeness (QED) is 0.0692. The molecule has 2 atom stereocenters. The predicted octanol–water partition coefficient (Wildman–Crippen LogP) is 7.99. The summed E-state index contributed by atoms with van der Waals surface area (Å²) in [5.41, 5.74) is 4.71. The van der Waals surface area contributed by atoms with Crippen LogP contribution in [0.15, 0.2) is 151 Å². The van der Waals surface area contributed by atoms with Crippen molar-refractivity contribution in [1.82, 2.24) is 25.1 Å². The molecule has 0 saturated carbocycles. The van der Waals surface area contributed by atoms with E-state index in [0.29, 0.717) is 23.6 Å². The first kappa shape index (κ1) is 41.5. The van der Waals surface area contributed by atoms with Crippen LogP contribution in [0.4, 0.5) is 5.69 Å². The maximum Gasteiger partial charge on any atom is 0.359 e. The van der Waals surface area contributed by atoms with Gasteiger partial charge in [0.2, 0.25) is 12.6 Å². The topological polar surface area (TPSA) is 132 Å². The average Bonchev–Trinajstić information content (AvgIpc) is 3.85. The molecule has 0 aliphatic carbocycles. The second kappa shape index (κ2) is 16.9. The van der Waals surface area contributed by atoms with Crippen LogP contribution in [0.2, 0.25) is 0 Å². The fraction of sp³-hybridized carbons (Fsp3) is 0.271. The second-order valence-electron chi connectivity index (χ2n) is 15.7. The van der Waals surface area contributed by atoms with E-state index in [-0.39, 0.29) is 5.70 Å². The number of anilines is 1. The Morgan fingerprint density at radius 1 is 0.750 bits per heavy atom. The highest BCUT2D eigenvalue weighted by Crippen LogP contribution is 2.45. The number of aliphatic hydroxyl groups is 1. The van der Waals surface area contributed by atoms with Gasteiger partial charge >= 0.3 is 11.9 Å². The smallest absolute Gasteiger partial charge is 0.359 e. The van der Waals surface area contributed by atoms with Gasteiger partial charge in [0.25, 0.3) is 0 Å². The third-order valence-corrected chi connectivity index (χ3v) is 11.1. The van der Waals surface area contributed by atoms with Crippen LogP contribution in [0.3, 0.4) is 0 Å². The number of esters is 2. The van der Waals surface area contributed by atoms with Crippen LogP contribution in [-0.4, -0.2) is 75.1 Å². The Labute approximate surface area is 350 Å². The van der Waals surface area contributed by atoms with Gasteiger partial charge in [-0.2, -0.15) is 0 Å². The Morgan fingerprint density at radius 2 is 1.27 bits per heavy atom. The molecule has 2 unspecified atom stereocenters. The first-order chi connectivity index (χ1) is 28.9.